The molecule has 2 rings (SSSR count). The van der Waals surface area contributed by atoms with E-state index in [-0.39, 0.29) is 17.3 Å². The van der Waals surface area contributed by atoms with Gasteiger partial charge in [-0.1, -0.05) is 0 Å². The van der Waals surface area contributed by atoms with E-state index >= 15 is 0 Å². The molecule has 0 saturated heterocycles. The number of nitrogen functional groups attached to an aromatic ring is 1. The standard InChI is InChI=1S/C11H11BrN4O2S/c12-9-3-1-7(19-9)5-6-14-11-8(16(17)18)2-4-10(13)15-11/h1-4H,5-6H2,(H3,13,14,15). The lowest BCUT2D eigenvalue weighted by atomic mass is 10.3. The molecule has 0 aromatic carbocycles. The number of nitrogens with one attached hydrogen (secondary N) is 1. The number of rotatable bonds is 5. The molecule has 0 aliphatic rings. The second-order valence-electron chi connectivity index (χ2n) is 3.74. The third-order valence-electron chi connectivity index (χ3n) is 2.38. The highest BCUT2D eigenvalue weighted by Gasteiger charge is 2.14. The van der Waals surface area contributed by atoms with Crippen LogP contribution in [0.5, 0.6) is 0 Å². The molecular weight excluding hydrogens is 332 g/mol. The zero-order chi connectivity index (χ0) is 13.8. The van der Waals surface area contributed by atoms with Crippen LogP contribution in [0.2, 0.25) is 0 Å². The Morgan fingerprint density at radius 2 is 2.21 bits per heavy atom. The van der Waals surface area contributed by atoms with Crippen molar-refractivity contribution in [3.05, 3.63) is 43.0 Å². The van der Waals surface area contributed by atoms with E-state index in [1.807, 2.05) is 12.1 Å². The van der Waals surface area contributed by atoms with Crippen LogP contribution in [0, 0.1) is 10.1 Å². The highest BCUT2D eigenvalue weighted by molar-refractivity contribution is 9.11. The summed E-state index contributed by atoms with van der Waals surface area (Å²) in [5.74, 6) is 0.465. The summed E-state index contributed by atoms with van der Waals surface area (Å²) in [4.78, 5) is 15.5. The molecule has 2 aromatic rings. The molecule has 8 heteroatoms. The first kappa shape index (κ1) is 13.8. The van der Waals surface area contributed by atoms with Gasteiger partial charge in [0.25, 0.3) is 0 Å². The number of nitrogens with zero attached hydrogens (tertiary/aromatic N) is 2. The number of halogens is 1. The minimum Gasteiger partial charge on any atom is -0.384 e. The monoisotopic (exact) mass is 342 g/mol. The van der Waals surface area contributed by atoms with Crippen LogP contribution in [0.4, 0.5) is 17.3 Å². The van der Waals surface area contributed by atoms with E-state index in [0.717, 1.165) is 10.2 Å². The van der Waals surface area contributed by atoms with Crippen molar-refractivity contribution in [2.75, 3.05) is 17.6 Å². The molecule has 0 unspecified atom stereocenters. The van der Waals surface area contributed by atoms with E-state index in [1.54, 1.807) is 11.3 Å². The molecule has 0 amide bonds. The smallest absolute Gasteiger partial charge is 0.311 e. The van der Waals surface area contributed by atoms with Gasteiger partial charge in [-0.3, -0.25) is 10.1 Å². The summed E-state index contributed by atoms with van der Waals surface area (Å²) < 4.78 is 1.07. The van der Waals surface area contributed by atoms with E-state index in [2.05, 4.69) is 26.2 Å². The second-order valence-corrected chi connectivity index (χ2v) is 6.29. The number of aromatic nitrogens is 1. The van der Waals surface area contributed by atoms with Crippen LogP contribution in [0.15, 0.2) is 28.1 Å². The van der Waals surface area contributed by atoms with Gasteiger partial charge in [0, 0.05) is 17.5 Å². The minimum absolute atomic E-state index is 0.0680. The lowest BCUT2D eigenvalue weighted by molar-refractivity contribution is -0.384. The number of nitro groups is 1. The van der Waals surface area contributed by atoms with Crippen LogP contribution in [0.25, 0.3) is 0 Å². The molecule has 0 saturated carbocycles. The van der Waals surface area contributed by atoms with Crippen LogP contribution in [-0.2, 0) is 6.42 Å². The Balaban J connectivity index is 2.02. The van der Waals surface area contributed by atoms with Gasteiger partial charge in [-0.05, 0) is 40.5 Å². The third-order valence-corrected chi connectivity index (χ3v) is 4.07. The van der Waals surface area contributed by atoms with E-state index < -0.39 is 4.92 Å². The summed E-state index contributed by atoms with van der Waals surface area (Å²) in [7, 11) is 0. The van der Waals surface area contributed by atoms with Gasteiger partial charge < -0.3 is 11.1 Å². The molecule has 2 heterocycles. The van der Waals surface area contributed by atoms with Gasteiger partial charge in [-0.15, -0.1) is 11.3 Å². The molecule has 0 fully saturated rings. The van der Waals surface area contributed by atoms with Crippen molar-refractivity contribution in [1.82, 2.24) is 4.98 Å². The Labute approximate surface area is 121 Å². The van der Waals surface area contributed by atoms with E-state index in [4.69, 9.17) is 5.73 Å². The van der Waals surface area contributed by atoms with Gasteiger partial charge in [-0.25, -0.2) is 4.98 Å². The van der Waals surface area contributed by atoms with Crippen LogP contribution < -0.4 is 11.1 Å². The summed E-state index contributed by atoms with van der Waals surface area (Å²) in [6, 6.07) is 6.75. The molecule has 0 bridgehead atoms. The lowest BCUT2D eigenvalue weighted by Crippen LogP contribution is -2.09. The largest absolute Gasteiger partial charge is 0.384 e. The fourth-order valence-electron chi connectivity index (χ4n) is 1.53. The van der Waals surface area contributed by atoms with E-state index in [9.17, 15) is 10.1 Å². The average molecular weight is 343 g/mol. The summed E-state index contributed by atoms with van der Waals surface area (Å²) in [5, 5.41) is 13.8. The van der Waals surface area contributed by atoms with Crippen molar-refractivity contribution in [2.45, 2.75) is 6.42 Å². The Bertz CT molecular complexity index is 602. The summed E-state index contributed by atoms with van der Waals surface area (Å²) in [6.45, 7) is 0.560. The van der Waals surface area contributed by atoms with Gasteiger partial charge in [-0.2, -0.15) is 0 Å². The maximum absolute atomic E-state index is 10.9. The summed E-state index contributed by atoms with van der Waals surface area (Å²) >= 11 is 5.02. The third kappa shape index (κ3) is 3.65. The fraction of sp³-hybridized carbons (Fsp3) is 0.182. The second kappa shape index (κ2) is 5.98. The fourth-order valence-corrected chi connectivity index (χ4v) is 3.02. The molecule has 0 radical (unpaired) electrons. The quantitative estimate of drug-likeness (QED) is 0.643. The Kier molecular flexibility index (Phi) is 4.33. The molecule has 100 valence electrons. The molecule has 0 aliphatic carbocycles. The van der Waals surface area contributed by atoms with Gasteiger partial charge >= 0.3 is 5.69 Å². The first-order chi connectivity index (χ1) is 9.06. The molecule has 0 aliphatic heterocycles. The molecule has 6 nitrogen and oxygen atoms in total. The highest BCUT2D eigenvalue weighted by Crippen LogP contribution is 2.24. The number of hydrogen-bond acceptors (Lipinski definition) is 6. The number of pyridine rings is 1. The Hall–Kier alpha value is -1.67. The molecule has 0 spiro atoms. The molecule has 3 N–H and O–H groups in total. The molecule has 0 atom stereocenters. The zero-order valence-electron chi connectivity index (χ0n) is 9.80. The predicted octanol–water partition coefficient (Wildman–Crippen LogP) is 3.05. The number of nitrogens with two attached hydrogens (primary N) is 1. The molecular formula is C11H11BrN4O2S. The first-order valence-electron chi connectivity index (χ1n) is 5.45. The van der Waals surface area contributed by atoms with Crippen LogP contribution in [0.1, 0.15) is 4.88 Å². The van der Waals surface area contributed by atoms with Crippen LogP contribution >= 0.6 is 27.3 Å². The predicted molar refractivity (Wildman–Crippen MR) is 79.5 cm³/mol. The van der Waals surface area contributed by atoms with Crippen LogP contribution in [0.3, 0.4) is 0 Å². The zero-order valence-corrected chi connectivity index (χ0v) is 12.2. The lowest BCUT2D eigenvalue weighted by Gasteiger charge is -2.05. The average Bonchev–Trinajstić information content (AvgIpc) is 2.75. The summed E-state index contributed by atoms with van der Waals surface area (Å²) in [5.41, 5.74) is 5.47. The van der Waals surface area contributed by atoms with Crippen molar-refractivity contribution < 1.29 is 4.92 Å². The van der Waals surface area contributed by atoms with Crippen molar-refractivity contribution in [2.24, 2.45) is 0 Å². The van der Waals surface area contributed by atoms with E-state index in [1.165, 1.54) is 17.0 Å². The number of thiophene rings is 1. The van der Waals surface area contributed by atoms with Crippen molar-refractivity contribution in [3.63, 3.8) is 0 Å². The maximum Gasteiger partial charge on any atom is 0.311 e. The topological polar surface area (TPSA) is 94.1 Å². The number of hydrogen-bond donors (Lipinski definition) is 2. The van der Waals surface area contributed by atoms with Crippen LogP contribution in [-0.4, -0.2) is 16.5 Å². The highest BCUT2D eigenvalue weighted by atomic mass is 79.9. The minimum atomic E-state index is -0.476. The Morgan fingerprint density at radius 1 is 1.42 bits per heavy atom. The SMILES string of the molecule is Nc1ccc([N+](=O)[O-])c(NCCc2ccc(Br)s2)n1. The van der Waals surface area contributed by atoms with Gasteiger partial charge in [0.1, 0.15) is 5.82 Å². The molecule has 19 heavy (non-hydrogen) atoms. The number of anilines is 2. The maximum atomic E-state index is 10.9. The first-order valence-corrected chi connectivity index (χ1v) is 7.06. The van der Waals surface area contributed by atoms with Gasteiger partial charge in [0.2, 0.25) is 5.82 Å². The normalized spacial score (nSPS) is 10.4. The summed E-state index contributed by atoms with van der Waals surface area (Å²) in [6.07, 6.45) is 0.768. The van der Waals surface area contributed by atoms with Crippen molar-refractivity contribution in [3.8, 4) is 0 Å². The van der Waals surface area contributed by atoms with Crippen molar-refractivity contribution in [1.29, 1.82) is 0 Å². The van der Waals surface area contributed by atoms with Gasteiger partial charge in [0.05, 0.1) is 8.71 Å². The van der Waals surface area contributed by atoms with Gasteiger partial charge in [0.15, 0.2) is 0 Å². The molecule has 2 aromatic heterocycles. The van der Waals surface area contributed by atoms with Crippen molar-refractivity contribution >= 4 is 44.6 Å². The Morgan fingerprint density at radius 3 is 2.84 bits per heavy atom. The van der Waals surface area contributed by atoms with E-state index in [0.29, 0.717) is 6.54 Å².